The van der Waals surface area contributed by atoms with E-state index in [0.29, 0.717) is 10.0 Å². The molecule has 158 valence electrons. The maximum Gasteiger partial charge on any atom is 0.230 e. The molecule has 0 radical (unpaired) electrons. The molecule has 1 amide bonds. The molecule has 0 spiro atoms. The van der Waals surface area contributed by atoms with Crippen molar-refractivity contribution in [1.82, 2.24) is 9.97 Å². The van der Waals surface area contributed by atoms with Gasteiger partial charge in [0, 0.05) is 11.1 Å². The fourth-order valence-corrected chi connectivity index (χ4v) is 5.48. The third-order valence-electron chi connectivity index (χ3n) is 4.37. The van der Waals surface area contributed by atoms with Gasteiger partial charge in [-0.05, 0) is 43.7 Å². The maximum absolute atomic E-state index is 12.4. The topological polar surface area (TPSA) is 84.0 Å². The van der Waals surface area contributed by atoms with E-state index in [4.69, 9.17) is 0 Å². The third-order valence-corrected chi connectivity index (χ3v) is 7.35. The number of para-hydroxylation sites is 1. The number of carbonyl (C=O) groups is 1. The number of benzene rings is 2. The molecule has 1 unspecified atom stereocenters. The van der Waals surface area contributed by atoms with Gasteiger partial charge in [0.1, 0.15) is 11.0 Å². The Morgan fingerprint density at radius 3 is 2.45 bits per heavy atom. The van der Waals surface area contributed by atoms with Crippen molar-refractivity contribution in [1.29, 1.82) is 0 Å². The predicted octanol–water partition coefficient (Wildman–Crippen LogP) is 5.20. The average molecular weight is 469 g/mol. The molecule has 31 heavy (non-hydrogen) atoms. The quantitative estimate of drug-likeness (QED) is 0.390. The fourth-order valence-electron chi connectivity index (χ4n) is 2.96. The fraction of sp³-hybridized carbons (Fsp3) is 0.136. The first kappa shape index (κ1) is 21.4. The number of anilines is 2. The Balaban J connectivity index is 1.35. The number of carbonyl (C=O) groups excluding carboxylic acids is 1. The van der Waals surface area contributed by atoms with Crippen molar-refractivity contribution in [2.75, 3.05) is 10.0 Å². The lowest BCUT2D eigenvalue weighted by atomic mass is 10.1. The van der Waals surface area contributed by atoms with Crippen LogP contribution in [0.2, 0.25) is 0 Å². The van der Waals surface area contributed by atoms with Crippen molar-refractivity contribution in [3.63, 3.8) is 0 Å². The van der Waals surface area contributed by atoms with Crippen molar-refractivity contribution in [3.8, 4) is 10.6 Å². The van der Waals surface area contributed by atoms with Crippen molar-refractivity contribution in [2.24, 2.45) is 0 Å². The minimum absolute atomic E-state index is 0.144. The molecule has 4 rings (SSSR count). The highest BCUT2D eigenvalue weighted by Crippen LogP contribution is 2.32. The van der Waals surface area contributed by atoms with Crippen LogP contribution in [-0.4, -0.2) is 20.1 Å². The lowest BCUT2D eigenvalue weighted by molar-refractivity contribution is -0.115. The van der Waals surface area contributed by atoms with E-state index in [-0.39, 0.29) is 12.3 Å². The van der Waals surface area contributed by atoms with Crippen LogP contribution in [0.15, 0.2) is 64.9 Å². The minimum atomic E-state index is -1.37. The molecule has 0 fully saturated rings. The molecule has 2 aromatic carbocycles. The molecule has 4 aromatic rings. The molecular weight excluding hydrogens is 448 g/mol. The highest BCUT2D eigenvalue weighted by molar-refractivity contribution is 7.86. The van der Waals surface area contributed by atoms with Gasteiger partial charge >= 0.3 is 0 Å². The summed E-state index contributed by atoms with van der Waals surface area (Å²) in [5.74, 6) is -0.144. The summed E-state index contributed by atoms with van der Waals surface area (Å²) in [5, 5.41) is 6.35. The van der Waals surface area contributed by atoms with Gasteiger partial charge in [0.2, 0.25) is 5.91 Å². The second-order valence-corrected chi connectivity index (χ2v) is 10.1. The van der Waals surface area contributed by atoms with E-state index >= 15 is 0 Å². The van der Waals surface area contributed by atoms with Crippen molar-refractivity contribution in [3.05, 3.63) is 76.2 Å². The van der Waals surface area contributed by atoms with Gasteiger partial charge in [-0.15, -0.1) is 22.7 Å². The SMILES string of the molecule is Cc1nc(C)c(-c2csc(NC(=O)Cc3ccc(S(=O)Nc4ccccc4)cc3)n2)s1. The van der Waals surface area contributed by atoms with Crippen LogP contribution >= 0.6 is 22.7 Å². The molecule has 6 nitrogen and oxygen atoms in total. The summed E-state index contributed by atoms with van der Waals surface area (Å²) in [6.07, 6.45) is 0.215. The molecular formula is C22H20N4O2S3. The van der Waals surface area contributed by atoms with E-state index in [1.165, 1.54) is 11.3 Å². The summed E-state index contributed by atoms with van der Waals surface area (Å²) in [6, 6.07) is 16.6. The third kappa shape index (κ3) is 5.43. The van der Waals surface area contributed by atoms with Crippen LogP contribution in [0.3, 0.4) is 0 Å². The van der Waals surface area contributed by atoms with Gasteiger partial charge in [0.15, 0.2) is 5.13 Å². The zero-order valence-electron chi connectivity index (χ0n) is 16.9. The Morgan fingerprint density at radius 2 is 1.77 bits per heavy atom. The van der Waals surface area contributed by atoms with E-state index in [1.54, 1.807) is 23.5 Å². The van der Waals surface area contributed by atoms with Gasteiger partial charge in [0.05, 0.1) is 32.6 Å². The first-order valence-corrected chi connectivity index (χ1v) is 12.3. The van der Waals surface area contributed by atoms with Gasteiger partial charge in [-0.3, -0.25) is 4.79 Å². The van der Waals surface area contributed by atoms with E-state index in [1.807, 2.05) is 61.7 Å². The van der Waals surface area contributed by atoms with Crippen LogP contribution < -0.4 is 10.0 Å². The second-order valence-electron chi connectivity index (χ2n) is 6.79. The largest absolute Gasteiger partial charge is 0.302 e. The van der Waals surface area contributed by atoms with E-state index in [9.17, 15) is 9.00 Å². The number of amides is 1. The van der Waals surface area contributed by atoms with Crippen molar-refractivity contribution >= 4 is 50.4 Å². The number of aryl methyl sites for hydroxylation is 2. The number of aromatic nitrogens is 2. The summed E-state index contributed by atoms with van der Waals surface area (Å²) in [6.45, 7) is 3.93. The number of thiazole rings is 2. The van der Waals surface area contributed by atoms with Gasteiger partial charge in [-0.1, -0.05) is 30.3 Å². The molecule has 2 aromatic heterocycles. The Bertz CT molecular complexity index is 1220. The van der Waals surface area contributed by atoms with Crippen molar-refractivity contribution < 1.29 is 9.00 Å². The predicted molar refractivity (Wildman–Crippen MR) is 128 cm³/mol. The van der Waals surface area contributed by atoms with Crippen LogP contribution in [0, 0.1) is 13.8 Å². The highest BCUT2D eigenvalue weighted by Gasteiger charge is 2.13. The van der Waals surface area contributed by atoms with Gasteiger partial charge in [-0.25, -0.2) is 14.2 Å². The van der Waals surface area contributed by atoms with E-state index in [0.717, 1.165) is 32.5 Å². The van der Waals surface area contributed by atoms with Crippen molar-refractivity contribution in [2.45, 2.75) is 25.2 Å². The highest BCUT2D eigenvalue weighted by atomic mass is 32.2. The van der Waals surface area contributed by atoms with Crippen LogP contribution in [0.1, 0.15) is 16.3 Å². The first-order valence-electron chi connectivity index (χ1n) is 9.50. The Hall–Kier alpha value is -2.88. The standard InChI is InChI=1S/C22H20N4O2S3/c1-14-21(30-15(2)23-14)19-13-29-22(24-19)25-20(27)12-16-8-10-18(11-9-16)31(28)26-17-6-4-3-5-7-17/h3-11,13,26H,12H2,1-2H3,(H,24,25,27). The molecule has 0 aliphatic rings. The zero-order valence-corrected chi connectivity index (χ0v) is 19.4. The minimum Gasteiger partial charge on any atom is -0.302 e. The number of nitrogens with one attached hydrogen (secondary N) is 2. The Kier molecular flexibility index (Phi) is 6.55. The average Bonchev–Trinajstić information content (AvgIpc) is 3.34. The summed E-state index contributed by atoms with van der Waals surface area (Å²) in [7, 11) is -1.37. The molecule has 1 atom stereocenters. The summed E-state index contributed by atoms with van der Waals surface area (Å²) in [5.41, 5.74) is 3.41. The molecule has 0 aliphatic heterocycles. The molecule has 0 aliphatic carbocycles. The molecule has 2 N–H and O–H groups in total. The normalized spacial score (nSPS) is 11.8. The van der Waals surface area contributed by atoms with Gasteiger partial charge in [0.25, 0.3) is 0 Å². The van der Waals surface area contributed by atoms with Gasteiger partial charge in [-0.2, -0.15) is 0 Å². The first-order chi connectivity index (χ1) is 15.0. The second kappa shape index (κ2) is 9.51. The lowest BCUT2D eigenvalue weighted by Crippen LogP contribution is -2.14. The molecule has 0 saturated heterocycles. The number of hydrogen-bond acceptors (Lipinski definition) is 6. The molecule has 0 saturated carbocycles. The van der Waals surface area contributed by atoms with Crippen LogP contribution in [-0.2, 0) is 22.2 Å². The monoisotopic (exact) mass is 468 g/mol. The van der Waals surface area contributed by atoms with E-state index < -0.39 is 11.0 Å². The summed E-state index contributed by atoms with van der Waals surface area (Å²) in [4.78, 5) is 23.1. The van der Waals surface area contributed by atoms with Gasteiger partial charge < -0.3 is 10.0 Å². The Morgan fingerprint density at radius 1 is 1.03 bits per heavy atom. The Labute approximate surface area is 191 Å². The lowest BCUT2D eigenvalue weighted by Gasteiger charge is -2.07. The zero-order chi connectivity index (χ0) is 21.8. The number of nitrogens with zero attached hydrogens (tertiary/aromatic N) is 2. The molecule has 9 heteroatoms. The number of rotatable bonds is 7. The molecule has 2 heterocycles. The molecule has 0 bridgehead atoms. The van der Waals surface area contributed by atoms with Crippen LogP contribution in [0.5, 0.6) is 0 Å². The smallest absolute Gasteiger partial charge is 0.230 e. The van der Waals surface area contributed by atoms with Crippen LogP contribution in [0.4, 0.5) is 10.8 Å². The van der Waals surface area contributed by atoms with E-state index in [2.05, 4.69) is 20.0 Å². The number of hydrogen-bond donors (Lipinski definition) is 2. The summed E-state index contributed by atoms with van der Waals surface area (Å²) < 4.78 is 15.4. The maximum atomic E-state index is 12.4. The van der Waals surface area contributed by atoms with Crippen LogP contribution in [0.25, 0.3) is 10.6 Å². The summed E-state index contributed by atoms with van der Waals surface area (Å²) >= 11 is 2.99.